The summed E-state index contributed by atoms with van der Waals surface area (Å²) in [5.41, 5.74) is 0.348. The third-order valence-corrected chi connectivity index (χ3v) is 4.64. The van der Waals surface area contributed by atoms with Crippen LogP contribution in [0.3, 0.4) is 0 Å². The van der Waals surface area contributed by atoms with E-state index in [1.165, 1.54) is 12.4 Å². The third-order valence-electron chi connectivity index (χ3n) is 3.84. The van der Waals surface area contributed by atoms with Crippen molar-refractivity contribution in [3.63, 3.8) is 0 Å². The third kappa shape index (κ3) is 3.65. The first-order valence-electron chi connectivity index (χ1n) is 8.03. The van der Waals surface area contributed by atoms with Gasteiger partial charge in [0.05, 0.1) is 12.4 Å². The first kappa shape index (κ1) is 16.8. The van der Waals surface area contributed by atoms with Gasteiger partial charge >= 0.3 is 10.7 Å². The molecule has 0 saturated heterocycles. The first-order chi connectivity index (χ1) is 13.2. The van der Waals surface area contributed by atoms with Gasteiger partial charge < -0.3 is 5.11 Å². The number of benzene rings is 1. The zero-order valence-electron chi connectivity index (χ0n) is 13.9. The number of pyridine rings is 2. The topological polar surface area (TPSA) is 97.4 Å². The zero-order valence-corrected chi connectivity index (χ0v) is 14.8. The van der Waals surface area contributed by atoms with E-state index >= 15 is 0 Å². The lowest BCUT2D eigenvalue weighted by Gasteiger charge is -2.06. The Labute approximate surface area is 157 Å². The lowest BCUT2D eigenvalue weighted by Crippen LogP contribution is -2.31. The predicted molar refractivity (Wildman–Crippen MR) is 102 cm³/mol. The molecule has 1 aromatic carbocycles. The van der Waals surface area contributed by atoms with Crippen molar-refractivity contribution in [1.82, 2.24) is 9.97 Å². The molecule has 8 heteroatoms. The predicted octanol–water partition coefficient (Wildman–Crippen LogP) is 1.40. The summed E-state index contributed by atoms with van der Waals surface area (Å²) >= 11 is 0.997. The van der Waals surface area contributed by atoms with Gasteiger partial charge in [-0.2, -0.15) is 15.2 Å². The van der Waals surface area contributed by atoms with Crippen molar-refractivity contribution in [3.05, 3.63) is 87.4 Å². The number of aromatic amines is 1. The summed E-state index contributed by atoms with van der Waals surface area (Å²) < 4.78 is 1.81. The van der Waals surface area contributed by atoms with Crippen LogP contribution in [0.1, 0.15) is 10.4 Å². The molecular weight excluding hydrogens is 362 g/mol. The van der Waals surface area contributed by atoms with E-state index in [0.29, 0.717) is 16.3 Å². The second-order valence-corrected chi connectivity index (χ2v) is 6.61. The van der Waals surface area contributed by atoms with E-state index in [2.05, 4.69) is 20.2 Å². The first-order valence-corrected chi connectivity index (χ1v) is 8.84. The van der Waals surface area contributed by atoms with Gasteiger partial charge in [0.2, 0.25) is 0 Å². The van der Waals surface area contributed by atoms with Gasteiger partial charge in [0.15, 0.2) is 0 Å². The molecule has 3 aromatic heterocycles. The highest BCUT2D eigenvalue weighted by molar-refractivity contribution is 7.11. The summed E-state index contributed by atoms with van der Waals surface area (Å²) in [4.78, 5) is 18.9. The molecule has 0 aliphatic carbocycles. The molecule has 27 heavy (non-hydrogen) atoms. The fraction of sp³-hybridized carbons (Fsp3) is 0. The second kappa shape index (κ2) is 7.30. The van der Waals surface area contributed by atoms with E-state index < -0.39 is 5.90 Å². The van der Waals surface area contributed by atoms with Gasteiger partial charge in [0.25, 0.3) is 0 Å². The Morgan fingerprint density at radius 1 is 1.19 bits per heavy atom. The van der Waals surface area contributed by atoms with Crippen LogP contribution < -0.4 is 14.5 Å². The fourth-order valence-corrected chi connectivity index (χ4v) is 3.27. The molecule has 0 aliphatic rings. The summed E-state index contributed by atoms with van der Waals surface area (Å²) in [6, 6.07) is 13.2. The largest absolute Gasteiger partial charge is 0.857 e. The van der Waals surface area contributed by atoms with Crippen LogP contribution in [0.15, 0.2) is 82.2 Å². The van der Waals surface area contributed by atoms with E-state index in [0.717, 1.165) is 22.1 Å². The maximum absolute atomic E-state index is 11.9. The van der Waals surface area contributed by atoms with Gasteiger partial charge in [0, 0.05) is 29.2 Å². The van der Waals surface area contributed by atoms with Gasteiger partial charge in [-0.15, -0.1) is 0 Å². The number of fused-ring (bicyclic) bond motifs is 1. The standard InChI is InChI=1S/C19H13N5O2S/c25-18(14-6-3-8-20-10-14)23-21-11-16-17(22-19(26)27-16)24-9-7-13-4-1-2-5-15(13)12-24/h1-12H,(H-,21,22,23,25,26). The minimum absolute atomic E-state index is 0.217. The number of nitrogens with zero attached hydrogens (tertiary/aromatic N) is 4. The Morgan fingerprint density at radius 3 is 2.85 bits per heavy atom. The van der Waals surface area contributed by atoms with Crippen molar-refractivity contribution in [1.29, 1.82) is 0 Å². The molecule has 7 nitrogen and oxygen atoms in total. The highest BCUT2D eigenvalue weighted by Gasteiger charge is 2.16. The van der Waals surface area contributed by atoms with Crippen molar-refractivity contribution in [2.24, 2.45) is 10.2 Å². The van der Waals surface area contributed by atoms with Gasteiger partial charge in [0.1, 0.15) is 11.1 Å². The molecule has 3 heterocycles. The molecule has 0 spiro atoms. The minimum Gasteiger partial charge on any atom is -0.857 e. The number of rotatable bonds is 4. The molecular formula is C19H13N5O2S. The molecule has 0 bridgehead atoms. The van der Waals surface area contributed by atoms with Gasteiger partial charge in [-0.05, 0) is 28.9 Å². The van der Waals surface area contributed by atoms with Crippen molar-refractivity contribution >= 4 is 34.2 Å². The van der Waals surface area contributed by atoms with E-state index in [-0.39, 0.29) is 4.87 Å². The van der Waals surface area contributed by atoms with Crippen LogP contribution in [0.4, 0.5) is 0 Å². The van der Waals surface area contributed by atoms with Crippen LogP contribution in [-0.4, -0.2) is 22.1 Å². The van der Waals surface area contributed by atoms with Gasteiger partial charge in [-0.1, -0.05) is 30.3 Å². The number of H-pyrrole nitrogens is 1. The highest BCUT2D eigenvalue weighted by atomic mass is 32.1. The van der Waals surface area contributed by atoms with Crippen LogP contribution in [0.25, 0.3) is 16.6 Å². The van der Waals surface area contributed by atoms with Crippen LogP contribution in [0.5, 0.6) is 0 Å². The van der Waals surface area contributed by atoms with Gasteiger partial charge in [-0.3, -0.25) is 4.98 Å². The average Bonchev–Trinajstić information content (AvgIpc) is 3.08. The van der Waals surface area contributed by atoms with Crippen LogP contribution in [0, 0.1) is 0 Å². The van der Waals surface area contributed by atoms with Crippen LogP contribution in [-0.2, 0) is 0 Å². The Morgan fingerprint density at radius 2 is 2.04 bits per heavy atom. The quantitative estimate of drug-likeness (QED) is 0.253. The molecule has 0 amide bonds. The number of aromatic nitrogens is 3. The average molecular weight is 375 g/mol. The van der Waals surface area contributed by atoms with E-state index in [9.17, 15) is 9.90 Å². The lowest BCUT2D eigenvalue weighted by atomic mass is 10.2. The molecule has 0 radical (unpaired) electrons. The number of hydrogen-bond acceptors (Lipinski definition) is 6. The van der Waals surface area contributed by atoms with Crippen LogP contribution >= 0.6 is 11.3 Å². The fourth-order valence-electron chi connectivity index (χ4n) is 2.56. The Kier molecular flexibility index (Phi) is 4.54. The molecule has 4 rings (SSSR count). The smallest absolute Gasteiger partial charge is 0.390 e. The molecule has 0 aliphatic heterocycles. The summed E-state index contributed by atoms with van der Waals surface area (Å²) in [5, 5.41) is 21.6. The van der Waals surface area contributed by atoms with Crippen molar-refractivity contribution in [3.8, 4) is 5.82 Å². The monoisotopic (exact) mass is 375 g/mol. The summed E-state index contributed by atoms with van der Waals surface area (Å²) in [6.45, 7) is 0. The minimum atomic E-state index is -0.498. The number of thiazole rings is 1. The number of hydrogen-bond donors (Lipinski definition) is 1. The molecule has 132 valence electrons. The second-order valence-electron chi connectivity index (χ2n) is 5.60. The highest BCUT2D eigenvalue weighted by Crippen LogP contribution is 2.12. The normalized spacial score (nSPS) is 12.1. The Hall–Kier alpha value is -3.65. The van der Waals surface area contributed by atoms with Gasteiger partial charge in [-0.25, -0.2) is 9.36 Å². The van der Waals surface area contributed by atoms with Crippen molar-refractivity contribution < 1.29 is 9.67 Å². The maximum Gasteiger partial charge on any atom is 0.390 e. The summed E-state index contributed by atoms with van der Waals surface area (Å²) in [5.74, 6) is 0.0747. The van der Waals surface area contributed by atoms with E-state index in [1.807, 2.05) is 47.3 Å². The molecule has 0 fully saturated rings. The molecule has 0 saturated carbocycles. The Bertz CT molecular complexity index is 1210. The van der Waals surface area contributed by atoms with Crippen molar-refractivity contribution in [2.45, 2.75) is 0 Å². The molecule has 0 atom stereocenters. The van der Waals surface area contributed by atoms with Crippen LogP contribution in [0.2, 0.25) is 0 Å². The number of nitrogens with one attached hydrogen (secondary N) is 1. The zero-order chi connectivity index (χ0) is 18.6. The lowest BCUT2D eigenvalue weighted by molar-refractivity contribution is -0.597. The Balaban J connectivity index is 1.67. The molecule has 4 aromatic rings. The SMILES string of the molecule is O=c1[nH]c(-[n+]2ccc3ccccc3c2)c(C=NN=C([O-])c2cccnc2)s1. The summed E-state index contributed by atoms with van der Waals surface area (Å²) in [7, 11) is 0. The van der Waals surface area contributed by atoms with E-state index in [4.69, 9.17) is 0 Å². The maximum atomic E-state index is 11.9. The van der Waals surface area contributed by atoms with E-state index in [1.54, 1.807) is 18.3 Å². The summed E-state index contributed by atoms with van der Waals surface area (Å²) in [6.07, 6.45) is 8.17. The molecule has 1 N–H and O–H groups in total. The van der Waals surface area contributed by atoms with Crippen molar-refractivity contribution in [2.75, 3.05) is 0 Å². The molecule has 0 unspecified atom stereocenters.